The summed E-state index contributed by atoms with van der Waals surface area (Å²) < 4.78 is 5.62. The minimum atomic E-state index is -0.0667. The molecule has 2 rings (SSSR count). The first kappa shape index (κ1) is 9.68. The van der Waals surface area contributed by atoms with Gasteiger partial charge in [0.05, 0.1) is 18.3 Å². The average Bonchev–Trinajstić information content (AvgIpc) is 2.71. The highest BCUT2D eigenvalue weighted by Gasteiger charge is 2.26. The van der Waals surface area contributed by atoms with Crippen LogP contribution in [0.3, 0.4) is 0 Å². The van der Waals surface area contributed by atoms with Gasteiger partial charge < -0.3 is 10.2 Å². The lowest BCUT2D eigenvalue weighted by Crippen LogP contribution is -2.17. The summed E-state index contributed by atoms with van der Waals surface area (Å²) in [7, 11) is 2.10. The van der Waals surface area contributed by atoms with Crippen molar-refractivity contribution < 1.29 is 4.42 Å². The summed E-state index contributed by atoms with van der Waals surface area (Å²) in [5, 5.41) is 0. The molecule has 0 bridgehead atoms. The molecule has 2 N–H and O–H groups in total. The Labute approximate surface area is 84.1 Å². The molecule has 1 aromatic rings. The van der Waals surface area contributed by atoms with Crippen LogP contribution in [0, 0.1) is 0 Å². The zero-order valence-corrected chi connectivity index (χ0v) is 8.73. The van der Waals surface area contributed by atoms with Crippen molar-refractivity contribution in [2.45, 2.75) is 31.8 Å². The van der Waals surface area contributed by atoms with E-state index in [1.807, 2.05) is 6.92 Å². The summed E-state index contributed by atoms with van der Waals surface area (Å²) in [5.74, 6) is 1.60. The van der Waals surface area contributed by atoms with Crippen molar-refractivity contribution >= 4 is 0 Å². The Balaban J connectivity index is 2.16. The lowest BCUT2D eigenvalue weighted by molar-refractivity contribution is 0.261. The standard InChI is InChI=1S/C10H17N3O/c1-7(11)9-6-12-10(14-9)8-4-3-5-13(8)2/h6-8H,3-5,11H2,1-2H3. The molecule has 1 aromatic heterocycles. The molecule has 2 heterocycles. The minimum Gasteiger partial charge on any atom is -0.442 e. The van der Waals surface area contributed by atoms with Crippen molar-refractivity contribution in [2.75, 3.05) is 13.6 Å². The van der Waals surface area contributed by atoms with Crippen molar-refractivity contribution in [1.29, 1.82) is 0 Å². The molecule has 1 fully saturated rings. The van der Waals surface area contributed by atoms with Crippen LogP contribution in [0.15, 0.2) is 10.6 Å². The van der Waals surface area contributed by atoms with Crippen molar-refractivity contribution in [3.8, 4) is 0 Å². The van der Waals surface area contributed by atoms with E-state index in [9.17, 15) is 0 Å². The van der Waals surface area contributed by atoms with Crippen LogP contribution in [0.4, 0.5) is 0 Å². The number of nitrogens with two attached hydrogens (primary N) is 1. The van der Waals surface area contributed by atoms with E-state index in [4.69, 9.17) is 10.2 Å². The van der Waals surface area contributed by atoms with Crippen LogP contribution in [0.5, 0.6) is 0 Å². The maximum absolute atomic E-state index is 5.71. The third-order valence-electron chi connectivity index (χ3n) is 2.80. The maximum atomic E-state index is 5.71. The molecule has 14 heavy (non-hydrogen) atoms. The van der Waals surface area contributed by atoms with Gasteiger partial charge in [-0.2, -0.15) is 0 Å². The number of likely N-dealkylation sites (tertiary alicyclic amines) is 1. The molecule has 1 aliphatic heterocycles. The smallest absolute Gasteiger partial charge is 0.211 e. The largest absolute Gasteiger partial charge is 0.442 e. The predicted octanol–water partition coefficient (Wildman–Crippen LogP) is 1.46. The first-order valence-electron chi connectivity index (χ1n) is 5.10. The molecule has 0 aromatic carbocycles. The van der Waals surface area contributed by atoms with Gasteiger partial charge in [0, 0.05) is 0 Å². The number of oxazole rings is 1. The molecule has 4 heteroatoms. The summed E-state index contributed by atoms with van der Waals surface area (Å²) in [4.78, 5) is 6.56. The van der Waals surface area contributed by atoms with E-state index in [0.717, 1.165) is 24.6 Å². The van der Waals surface area contributed by atoms with Crippen LogP contribution in [0.2, 0.25) is 0 Å². The molecule has 1 saturated heterocycles. The van der Waals surface area contributed by atoms with Crippen molar-refractivity contribution in [3.63, 3.8) is 0 Å². The number of aromatic nitrogens is 1. The van der Waals surface area contributed by atoms with E-state index in [-0.39, 0.29) is 6.04 Å². The molecular weight excluding hydrogens is 178 g/mol. The fourth-order valence-corrected chi connectivity index (χ4v) is 1.89. The van der Waals surface area contributed by atoms with Gasteiger partial charge in [0.2, 0.25) is 5.89 Å². The summed E-state index contributed by atoms with van der Waals surface area (Å²) in [6, 6.07) is 0.283. The Morgan fingerprint density at radius 2 is 2.50 bits per heavy atom. The number of nitrogens with zero attached hydrogens (tertiary/aromatic N) is 2. The van der Waals surface area contributed by atoms with Gasteiger partial charge in [-0.25, -0.2) is 4.98 Å². The first-order valence-corrected chi connectivity index (χ1v) is 5.10. The normalized spacial score (nSPS) is 25.5. The van der Waals surface area contributed by atoms with Gasteiger partial charge in [-0.15, -0.1) is 0 Å². The second-order valence-corrected chi connectivity index (χ2v) is 4.03. The number of rotatable bonds is 2. The quantitative estimate of drug-likeness (QED) is 0.776. The molecule has 4 nitrogen and oxygen atoms in total. The Bertz CT molecular complexity index is 308. The van der Waals surface area contributed by atoms with Gasteiger partial charge in [-0.05, 0) is 33.4 Å². The van der Waals surface area contributed by atoms with Crippen LogP contribution in [0.1, 0.15) is 43.5 Å². The van der Waals surface area contributed by atoms with Gasteiger partial charge in [0.15, 0.2) is 0 Å². The van der Waals surface area contributed by atoms with E-state index >= 15 is 0 Å². The minimum absolute atomic E-state index is 0.0667. The third kappa shape index (κ3) is 1.67. The molecule has 0 aliphatic carbocycles. The van der Waals surface area contributed by atoms with Crippen LogP contribution in [-0.2, 0) is 0 Å². The Morgan fingerprint density at radius 3 is 3.00 bits per heavy atom. The highest BCUT2D eigenvalue weighted by molar-refractivity contribution is 5.02. The summed E-state index contributed by atoms with van der Waals surface area (Å²) >= 11 is 0. The monoisotopic (exact) mass is 195 g/mol. The van der Waals surface area contributed by atoms with Crippen molar-refractivity contribution in [3.05, 3.63) is 17.8 Å². The van der Waals surface area contributed by atoms with Crippen LogP contribution >= 0.6 is 0 Å². The summed E-state index contributed by atoms with van der Waals surface area (Å²) in [6.45, 7) is 3.03. The molecule has 1 aliphatic rings. The maximum Gasteiger partial charge on any atom is 0.211 e. The second-order valence-electron chi connectivity index (χ2n) is 4.03. The van der Waals surface area contributed by atoms with Crippen LogP contribution < -0.4 is 5.73 Å². The zero-order valence-electron chi connectivity index (χ0n) is 8.73. The fourth-order valence-electron chi connectivity index (χ4n) is 1.89. The lowest BCUT2D eigenvalue weighted by atomic mass is 10.2. The highest BCUT2D eigenvalue weighted by Crippen LogP contribution is 2.30. The second kappa shape index (κ2) is 3.71. The molecule has 0 amide bonds. The molecule has 2 unspecified atom stereocenters. The highest BCUT2D eigenvalue weighted by atomic mass is 16.4. The van der Waals surface area contributed by atoms with Gasteiger partial charge in [-0.3, -0.25) is 4.90 Å². The zero-order chi connectivity index (χ0) is 10.1. The molecule has 0 radical (unpaired) electrons. The van der Waals surface area contributed by atoms with E-state index < -0.39 is 0 Å². The Morgan fingerprint density at radius 1 is 1.71 bits per heavy atom. The average molecular weight is 195 g/mol. The van der Waals surface area contributed by atoms with Gasteiger partial charge >= 0.3 is 0 Å². The van der Waals surface area contributed by atoms with E-state index in [1.54, 1.807) is 6.20 Å². The molecular formula is C10H17N3O. The summed E-state index contributed by atoms with van der Waals surface area (Å²) in [6.07, 6.45) is 4.10. The third-order valence-corrected chi connectivity index (χ3v) is 2.80. The van der Waals surface area contributed by atoms with Crippen LogP contribution in [-0.4, -0.2) is 23.5 Å². The van der Waals surface area contributed by atoms with Crippen molar-refractivity contribution in [2.24, 2.45) is 5.73 Å². The molecule has 78 valence electrons. The SMILES string of the molecule is CC(N)c1cnc(C2CCCN2C)o1. The van der Waals surface area contributed by atoms with E-state index in [1.165, 1.54) is 6.42 Å². The number of hydrogen-bond acceptors (Lipinski definition) is 4. The van der Waals surface area contributed by atoms with E-state index in [2.05, 4.69) is 16.9 Å². The van der Waals surface area contributed by atoms with Gasteiger partial charge in [0.1, 0.15) is 5.76 Å². The molecule has 0 saturated carbocycles. The Kier molecular flexibility index (Phi) is 2.56. The molecule has 2 atom stereocenters. The van der Waals surface area contributed by atoms with Crippen LogP contribution in [0.25, 0.3) is 0 Å². The Hall–Kier alpha value is -0.870. The number of hydrogen-bond donors (Lipinski definition) is 1. The van der Waals surface area contributed by atoms with Crippen molar-refractivity contribution in [1.82, 2.24) is 9.88 Å². The first-order chi connectivity index (χ1) is 6.68. The molecule has 0 spiro atoms. The predicted molar refractivity (Wildman–Crippen MR) is 53.7 cm³/mol. The topological polar surface area (TPSA) is 55.3 Å². The van der Waals surface area contributed by atoms with Gasteiger partial charge in [-0.1, -0.05) is 0 Å². The van der Waals surface area contributed by atoms with E-state index in [0.29, 0.717) is 6.04 Å². The summed E-state index contributed by atoms with van der Waals surface area (Å²) in [5.41, 5.74) is 5.71. The fraction of sp³-hybridized carbons (Fsp3) is 0.700. The van der Waals surface area contributed by atoms with Gasteiger partial charge in [0.25, 0.3) is 0 Å². The lowest BCUT2D eigenvalue weighted by Gasteiger charge is -2.15.